The van der Waals surface area contributed by atoms with Gasteiger partial charge in [0.1, 0.15) is 0 Å². The minimum Gasteiger partial charge on any atom is -0.311 e. The fraction of sp³-hybridized carbons (Fsp3) is 1.00. The van der Waals surface area contributed by atoms with Crippen molar-refractivity contribution in [1.82, 2.24) is 10.2 Å². The highest BCUT2D eigenvalue weighted by molar-refractivity contribution is 5.07. The molecule has 0 radical (unpaired) electrons. The molecule has 1 aliphatic heterocycles. The van der Waals surface area contributed by atoms with Crippen LogP contribution in [0.15, 0.2) is 0 Å². The summed E-state index contributed by atoms with van der Waals surface area (Å²) >= 11 is 0. The van der Waals surface area contributed by atoms with Gasteiger partial charge in [-0.15, -0.1) is 0 Å². The minimum atomic E-state index is 0.629. The molecule has 2 unspecified atom stereocenters. The second-order valence-electron chi connectivity index (χ2n) is 8.88. The molecule has 0 spiro atoms. The van der Waals surface area contributed by atoms with Gasteiger partial charge >= 0.3 is 0 Å². The molecule has 4 bridgehead atoms. The predicted octanol–water partition coefficient (Wildman–Crippen LogP) is 3.81. The van der Waals surface area contributed by atoms with Crippen LogP contribution in [0.5, 0.6) is 0 Å². The maximum absolute atomic E-state index is 3.84. The smallest absolute Gasteiger partial charge is 0.0217 e. The van der Waals surface area contributed by atoms with Crippen LogP contribution in [0.2, 0.25) is 0 Å². The van der Waals surface area contributed by atoms with E-state index in [0.717, 1.165) is 23.8 Å². The van der Waals surface area contributed by atoms with Crippen LogP contribution >= 0.6 is 0 Å². The molecule has 5 fully saturated rings. The zero-order chi connectivity index (χ0) is 14.4. The lowest BCUT2D eigenvalue weighted by atomic mass is 9.52. The average Bonchev–Trinajstić information content (AvgIpc) is 2.41. The molecule has 5 aliphatic rings. The first-order valence-electron chi connectivity index (χ1n) is 9.68. The van der Waals surface area contributed by atoms with Crippen LogP contribution in [-0.4, -0.2) is 35.6 Å². The van der Waals surface area contributed by atoms with Gasteiger partial charge in [-0.2, -0.15) is 0 Å². The lowest BCUT2D eigenvalue weighted by molar-refractivity contribution is -0.0922. The van der Waals surface area contributed by atoms with Crippen molar-refractivity contribution in [3.63, 3.8) is 0 Å². The van der Waals surface area contributed by atoms with Crippen LogP contribution in [0.4, 0.5) is 0 Å². The van der Waals surface area contributed by atoms with Gasteiger partial charge < -0.3 is 5.32 Å². The summed E-state index contributed by atoms with van der Waals surface area (Å²) in [6.07, 6.45) is 13.3. The second-order valence-corrected chi connectivity index (χ2v) is 8.88. The van der Waals surface area contributed by atoms with E-state index in [1.54, 1.807) is 38.5 Å². The van der Waals surface area contributed by atoms with E-state index in [4.69, 9.17) is 0 Å². The van der Waals surface area contributed by atoms with E-state index in [0.29, 0.717) is 11.6 Å². The Hall–Kier alpha value is -0.0800. The summed E-state index contributed by atoms with van der Waals surface area (Å²) in [5, 5.41) is 3.84. The van der Waals surface area contributed by atoms with E-state index < -0.39 is 0 Å². The van der Waals surface area contributed by atoms with Crippen molar-refractivity contribution >= 4 is 0 Å². The molecule has 120 valence electrons. The van der Waals surface area contributed by atoms with Crippen LogP contribution in [0, 0.1) is 17.8 Å². The molecule has 0 amide bonds. The Kier molecular flexibility index (Phi) is 3.82. The zero-order valence-corrected chi connectivity index (χ0v) is 14.1. The summed E-state index contributed by atoms with van der Waals surface area (Å²) in [4.78, 5) is 2.98. The van der Waals surface area contributed by atoms with Gasteiger partial charge in [0, 0.05) is 30.7 Å². The average molecular weight is 290 g/mol. The van der Waals surface area contributed by atoms with E-state index in [2.05, 4.69) is 24.1 Å². The SMILES string of the molecule is CCC1CCN(C23CC4CC(CC(C4)C2)C3)CCC(C)N1. The third-order valence-electron chi connectivity index (χ3n) is 7.27. The summed E-state index contributed by atoms with van der Waals surface area (Å²) < 4.78 is 0. The highest BCUT2D eigenvalue weighted by Gasteiger charge is 2.53. The number of nitrogens with one attached hydrogen (secondary N) is 1. The molecule has 1 N–H and O–H groups in total. The quantitative estimate of drug-likeness (QED) is 0.832. The highest BCUT2D eigenvalue weighted by atomic mass is 15.2. The Bertz CT molecular complexity index is 342. The molecule has 2 heteroatoms. The van der Waals surface area contributed by atoms with Crippen molar-refractivity contribution in [2.24, 2.45) is 17.8 Å². The molecule has 4 saturated carbocycles. The third kappa shape index (κ3) is 2.67. The van der Waals surface area contributed by atoms with Crippen LogP contribution in [-0.2, 0) is 0 Å². The van der Waals surface area contributed by atoms with Crippen molar-refractivity contribution < 1.29 is 0 Å². The van der Waals surface area contributed by atoms with Crippen molar-refractivity contribution in [1.29, 1.82) is 0 Å². The monoisotopic (exact) mass is 290 g/mol. The Morgan fingerprint density at radius 1 is 0.952 bits per heavy atom. The van der Waals surface area contributed by atoms with Crippen LogP contribution in [0.3, 0.4) is 0 Å². The molecular formula is C19H34N2. The van der Waals surface area contributed by atoms with E-state index in [-0.39, 0.29) is 0 Å². The van der Waals surface area contributed by atoms with Crippen molar-refractivity contribution in [3.8, 4) is 0 Å². The summed E-state index contributed by atoms with van der Waals surface area (Å²) in [6.45, 7) is 7.44. The van der Waals surface area contributed by atoms with Crippen molar-refractivity contribution in [3.05, 3.63) is 0 Å². The van der Waals surface area contributed by atoms with Gasteiger partial charge in [-0.1, -0.05) is 6.92 Å². The van der Waals surface area contributed by atoms with Crippen molar-refractivity contribution in [2.75, 3.05) is 13.1 Å². The van der Waals surface area contributed by atoms with E-state index >= 15 is 0 Å². The van der Waals surface area contributed by atoms with Gasteiger partial charge in [0.05, 0.1) is 0 Å². The molecule has 2 nitrogen and oxygen atoms in total. The van der Waals surface area contributed by atoms with Gasteiger partial charge in [0.15, 0.2) is 0 Å². The number of nitrogens with zero attached hydrogens (tertiary/aromatic N) is 1. The molecular weight excluding hydrogens is 256 g/mol. The lowest BCUT2D eigenvalue weighted by Gasteiger charge is -2.61. The second kappa shape index (κ2) is 5.53. The molecule has 2 atom stereocenters. The standard InChI is InChI=1S/C19H34N2/c1-3-18-5-7-21(6-4-14(2)20-18)19-11-15-8-16(12-19)10-17(9-15)13-19/h14-18,20H,3-13H2,1-2H3. The molecule has 1 saturated heterocycles. The summed E-state index contributed by atoms with van der Waals surface area (Å²) in [5.41, 5.74) is 0.629. The predicted molar refractivity (Wildman–Crippen MR) is 88.4 cm³/mol. The molecule has 5 rings (SSSR count). The molecule has 0 aromatic heterocycles. The fourth-order valence-electron chi connectivity index (χ4n) is 6.59. The third-order valence-corrected chi connectivity index (χ3v) is 7.27. The first-order chi connectivity index (χ1) is 10.2. The normalized spacial score (nSPS) is 50.9. The maximum atomic E-state index is 3.84. The molecule has 21 heavy (non-hydrogen) atoms. The van der Waals surface area contributed by atoms with Gasteiger partial charge in [0.25, 0.3) is 0 Å². The summed E-state index contributed by atoms with van der Waals surface area (Å²) in [5.74, 6) is 3.25. The summed E-state index contributed by atoms with van der Waals surface area (Å²) in [7, 11) is 0. The first-order valence-corrected chi connectivity index (χ1v) is 9.68. The first kappa shape index (κ1) is 14.5. The van der Waals surface area contributed by atoms with Crippen LogP contribution in [0.25, 0.3) is 0 Å². The van der Waals surface area contributed by atoms with E-state index in [1.165, 1.54) is 32.4 Å². The molecule has 0 aromatic rings. The van der Waals surface area contributed by atoms with Gasteiger partial charge in [-0.05, 0) is 82.5 Å². The number of hydrogen-bond acceptors (Lipinski definition) is 2. The lowest BCUT2D eigenvalue weighted by Crippen LogP contribution is -2.61. The van der Waals surface area contributed by atoms with Crippen LogP contribution in [0.1, 0.15) is 71.6 Å². The number of hydrogen-bond donors (Lipinski definition) is 1. The van der Waals surface area contributed by atoms with Crippen molar-refractivity contribution in [2.45, 2.75) is 89.3 Å². The Balaban J connectivity index is 1.51. The van der Waals surface area contributed by atoms with Gasteiger partial charge in [-0.3, -0.25) is 4.90 Å². The number of rotatable bonds is 2. The topological polar surface area (TPSA) is 15.3 Å². The highest BCUT2D eigenvalue weighted by Crippen LogP contribution is 2.57. The van der Waals surface area contributed by atoms with E-state index in [1.807, 2.05) is 0 Å². The van der Waals surface area contributed by atoms with E-state index in [9.17, 15) is 0 Å². The Morgan fingerprint density at radius 3 is 2.10 bits per heavy atom. The summed E-state index contributed by atoms with van der Waals surface area (Å²) in [6, 6.07) is 1.45. The largest absolute Gasteiger partial charge is 0.311 e. The minimum absolute atomic E-state index is 0.629. The molecule has 4 aliphatic carbocycles. The maximum Gasteiger partial charge on any atom is 0.0217 e. The molecule has 0 aromatic carbocycles. The Labute approximate surface area is 131 Å². The Morgan fingerprint density at radius 2 is 1.52 bits per heavy atom. The molecule has 1 heterocycles. The van der Waals surface area contributed by atoms with Gasteiger partial charge in [0.2, 0.25) is 0 Å². The van der Waals surface area contributed by atoms with Gasteiger partial charge in [-0.25, -0.2) is 0 Å². The zero-order valence-electron chi connectivity index (χ0n) is 14.1. The fourth-order valence-corrected chi connectivity index (χ4v) is 6.59. The van der Waals surface area contributed by atoms with Crippen LogP contribution < -0.4 is 5.32 Å².